The predicted molar refractivity (Wildman–Crippen MR) is 82.8 cm³/mol. The topological polar surface area (TPSA) is 60.9 Å². The zero-order chi connectivity index (χ0) is 15.6. The maximum Gasteiger partial charge on any atom is 0.243 e. The largest absolute Gasteiger partial charge is 0.396 e. The molecule has 1 aliphatic heterocycles. The van der Waals surface area contributed by atoms with E-state index in [9.17, 15) is 8.42 Å². The predicted octanol–water partition coefficient (Wildman–Crippen LogP) is 0.991. The fourth-order valence-electron chi connectivity index (χ4n) is 2.72. The van der Waals surface area contributed by atoms with E-state index in [4.69, 9.17) is 5.11 Å². The minimum absolute atomic E-state index is 0.0728. The molecular weight excluding hydrogens is 288 g/mol. The molecule has 1 aromatic rings. The lowest BCUT2D eigenvalue weighted by Gasteiger charge is -2.38. The first-order chi connectivity index (χ1) is 9.86. The fraction of sp³-hybridized carbons (Fsp3) is 0.600. The van der Waals surface area contributed by atoms with Crippen LogP contribution in [0, 0.1) is 13.8 Å². The highest BCUT2D eigenvalue weighted by molar-refractivity contribution is 7.89. The zero-order valence-corrected chi connectivity index (χ0v) is 13.7. The normalized spacial score (nSPS) is 21.6. The summed E-state index contributed by atoms with van der Waals surface area (Å²) in [6.45, 7) is 5.42. The first kappa shape index (κ1) is 16.4. The molecule has 118 valence electrons. The molecule has 1 atom stereocenters. The number of piperazine rings is 1. The third kappa shape index (κ3) is 3.45. The standard InChI is InChI=1S/C15H24N2O3S/c1-12-4-5-13(2)15(10-12)21(19,20)17-8-7-16(3)14(11-17)6-9-18/h4-5,10,14,18H,6-9,11H2,1-3H3/t14-/m0/s1. The molecule has 0 unspecified atom stereocenters. The monoisotopic (exact) mass is 312 g/mol. The first-order valence-electron chi connectivity index (χ1n) is 7.24. The SMILES string of the molecule is Cc1ccc(C)c(S(=O)(=O)N2CCN(C)[C@@H](CCO)C2)c1. The second-order valence-corrected chi connectivity index (χ2v) is 7.69. The van der Waals surface area contributed by atoms with Gasteiger partial charge in [0.25, 0.3) is 0 Å². The summed E-state index contributed by atoms with van der Waals surface area (Å²) in [6.07, 6.45) is 0.593. The van der Waals surface area contributed by atoms with Crippen molar-refractivity contribution in [1.82, 2.24) is 9.21 Å². The van der Waals surface area contributed by atoms with E-state index in [-0.39, 0.29) is 12.6 Å². The quantitative estimate of drug-likeness (QED) is 0.901. The average Bonchev–Trinajstić information content (AvgIpc) is 2.44. The van der Waals surface area contributed by atoms with Gasteiger partial charge in [0.2, 0.25) is 10.0 Å². The molecule has 5 nitrogen and oxygen atoms in total. The van der Waals surface area contributed by atoms with Crippen molar-refractivity contribution in [2.24, 2.45) is 0 Å². The Kier molecular flexibility index (Phi) is 5.03. The minimum atomic E-state index is -3.46. The number of likely N-dealkylation sites (N-methyl/N-ethyl adjacent to an activating group) is 1. The van der Waals surface area contributed by atoms with E-state index in [0.717, 1.165) is 11.1 Å². The fourth-order valence-corrected chi connectivity index (χ4v) is 4.50. The van der Waals surface area contributed by atoms with Crippen LogP contribution in [0.25, 0.3) is 0 Å². The number of hydrogen-bond donors (Lipinski definition) is 1. The van der Waals surface area contributed by atoms with Gasteiger partial charge in [0, 0.05) is 32.3 Å². The van der Waals surface area contributed by atoms with Gasteiger partial charge < -0.3 is 10.0 Å². The molecule has 1 N–H and O–H groups in total. The van der Waals surface area contributed by atoms with Gasteiger partial charge in [-0.15, -0.1) is 0 Å². The molecule has 0 radical (unpaired) electrons. The molecule has 1 fully saturated rings. The Hall–Kier alpha value is -0.950. The van der Waals surface area contributed by atoms with Crippen LogP contribution in [0.2, 0.25) is 0 Å². The summed E-state index contributed by atoms with van der Waals surface area (Å²) in [4.78, 5) is 2.51. The second kappa shape index (κ2) is 6.44. The lowest BCUT2D eigenvalue weighted by Crippen LogP contribution is -2.53. The van der Waals surface area contributed by atoms with Crippen LogP contribution >= 0.6 is 0 Å². The van der Waals surface area contributed by atoms with Crippen molar-refractivity contribution < 1.29 is 13.5 Å². The lowest BCUT2D eigenvalue weighted by molar-refractivity contribution is 0.120. The van der Waals surface area contributed by atoms with Gasteiger partial charge in [-0.3, -0.25) is 0 Å². The zero-order valence-electron chi connectivity index (χ0n) is 12.9. The molecule has 6 heteroatoms. The summed E-state index contributed by atoms with van der Waals surface area (Å²) in [5, 5.41) is 9.13. The number of aliphatic hydroxyl groups is 1. The van der Waals surface area contributed by atoms with Crippen LogP contribution in [0.5, 0.6) is 0 Å². The smallest absolute Gasteiger partial charge is 0.243 e. The third-order valence-corrected chi connectivity index (χ3v) is 6.17. The first-order valence-corrected chi connectivity index (χ1v) is 8.68. The number of nitrogens with zero attached hydrogens (tertiary/aromatic N) is 2. The summed E-state index contributed by atoms with van der Waals surface area (Å²) in [6, 6.07) is 5.59. The van der Waals surface area contributed by atoms with Crippen molar-refractivity contribution in [2.45, 2.75) is 31.2 Å². The van der Waals surface area contributed by atoms with Crippen LogP contribution in [0.3, 0.4) is 0 Å². The van der Waals surface area contributed by atoms with E-state index in [0.29, 0.717) is 31.0 Å². The van der Waals surface area contributed by atoms with E-state index < -0.39 is 10.0 Å². The van der Waals surface area contributed by atoms with E-state index in [1.807, 2.05) is 33.0 Å². The van der Waals surface area contributed by atoms with Gasteiger partial charge in [-0.1, -0.05) is 12.1 Å². The van der Waals surface area contributed by atoms with E-state index in [1.54, 1.807) is 10.4 Å². The van der Waals surface area contributed by atoms with Crippen molar-refractivity contribution in [3.63, 3.8) is 0 Å². The summed E-state index contributed by atoms with van der Waals surface area (Å²) >= 11 is 0. The maximum atomic E-state index is 12.9. The number of rotatable bonds is 4. The van der Waals surface area contributed by atoms with Crippen LogP contribution in [0.1, 0.15) is 17.5 Å². The summed E-state index contributed by atoms with van der Waals surface area (Å²) in [7, 11) is -1.49. The van der Waals surface area contributed by atoms with Crippen molar-refractivity contribution in [3.05, 3.63) is 29.3 Å². The van der Waals surface area contributed by atoms with Gasteiger partial charge in [-0.2, -0.15) is 4.31 Å². The number of benzene rings is 1. The molecule has 0 bridgehead atoms. The molecule has 0 aliphatic carbocycles. The van der Waals surface area contributed by atoms with E-state index in [1.165, 1.54) is 0 Å². The van der Waals surface area contributed by atoms with Crippen LogP contribution < -0.4 is 0 Å². The average molecular weight is 312 g/mol. The summed E-state index contributed by atoms with van der Waals surface area (Å²) in [5.74, 6) is 0. The molecule has 21 heavy (non-hydrogen) atoms. The number of sulfonamides is 1. The van der Waals surface area contributed by atoms with Gasteiger partial charge in [-0.05, 0) is 44.5 Å². The van der Waals surface area contributed by atoms with Crippen molar-refractivity contribution in [1.29, 1.82) is 0 Å². The molecular formula is C15H24N2O3S. The Labute approximate surface area is 127 Å². The van der Waals surface area contributed by atoms with Crippen LogP contribution in [-0.2, 0) is 10.0 Å². The maximum absolute atomic E-state index is 12.9. The van der Waals surface area contributed by atoms with Gasteiger partial charge in [0.05, 0.1) is 4.90 Å². The van der Waals surface area contributed by atoms with Crippen LogP contribution in [0.15, 0.2) is 23.1 Å². The molecule has 0 saturated carbocycles. The Balaban J connectivity index is 2.29. The molecule has 0 amide bonds. The summed E-state index contributed by atoms with van der Waals surface area (Å²) in [5.41, 5.74) is 1.72. The highest BCUT2D eigenvalue weighted by Crippen LogP contribution is 2.24. The number of aliphatic hydroxyl groups excluding tert-OH is 1. The molecule has 2 rings (SSSR count). The van der Waals surface area contributed by atoms with Crippen LogP contribution in [-0.4, -0.2) is 62.1 Å². The molecule has 0 aromatic heterocycles. The molecule has 1 aromatic carbocycles. The molecule has 1 aliphatic rings. The molecule has 1 saturated heterocycles. The van der Waals surface area contributed by atoms with E-state index in [2.05, 4.69) is 4.90 Å². The van der Waals surface area contributed by atoms with E-state index >= 15 is 0 Å². The van der Waals surface area contributed by atoms with Crippen molar-refractivity contribution in [3.8, 4) is 0 Å². The van der Waals surface area contributed by atoms with Gasteiger partial charge in [-0.25, -0.2) is 8.42 Å². The Morgan fingerprint density at radius 1 is 1.29 bits per heavy atom. The molecule has 1 heterocycles. The number of aryl methyl sites for hydroxylation is 2. The van der Waals surface area contributed by atoms with Gasteiger partial charge >= 0.3 is 0 Å². The third-order valence-electron chi connectivity index (χ3n) is 4.16. The highest BCUT2D eigenvalue weighted by Gasteiger charge is 2.33. The lowest BCUT2D eigenvalue weighted by atomic mass is 10.1. The highest BCUT2D eigenvalue weighted by atomic mass is 32.2. The number of hydrogen-bond acceptors (Lipinski definition) is 4. The molecule has 0 spiro atoms. The Morgan fingerprint density at radius 3 is 2.67 bits per heavy atom. The van der Waals surface area contributed by atoms with Crippen LogP contribution in [0.4, 0.5) is 0 Å². The van der Waals surface area contributed by atoms with Crippen molar-refractivity contribution >= 4 is 10.0 Å². The second-order valence-electron chi connectivity index (χ2n) is 5.78. The minimum Gasteiger partial charge on any atom is -0.396 e. The van der Waals surface area contributed by atoms with Gasteiger partial charge in [0.1, 0.15) is 0 Å². The van der Waals surface area contributed by atoms with Crippen molar-refractivity contribution in [2.75, 3.05) is 33.3 Å². The Morgan fingerprint density at radius 2 is 2.00 bits per heavy atom. The summed E-state index contributed by atoms with van der Waals surface area (Å²) < 4.78 is 27.3. The van der Waals surface area contributed by atoms with Gasteiger partial charge in [0.15, 0.2) is 0 Å². The Bertz CT molecular complexity index is 601.